The number of benzene rings is 1. The highest BCUT2D eigenvalue weighted by Gasteiger charge is 2.17. The van der Waals surface area contributed by atoms with Crippen molar-refractivity contribution >= 4 is 0 Å². The van der Waals surface area contributed by atoms with Gasteiger partial charge in [-0.1, -0.05) is 36.8 Å². The number of nitrogens with two attached hydrogens (primary N) is 1. The van der Waals surface area contributed by atoms with E-state index in [1.807, 2.05) is 0 Å². The van der Waals surface area contributed by atoms with Crippen molar-refractivity contribution < 1.29 is 0 Å². The quantitative estimate of drug-likeness (QED) is 0.716. The fraction of sp³-hybridized carbons (Fsp3) is 0.647. The molecule has 1 saturated heterocycles. The molecule has 1 fully saturated rings. The maximum atomic E-state index is 5.57. The van der Waals surface area contributed by atoms with Gasteiger partial charge in [0.1, 0.15) is 0 Å². The Labute approximate surface area is 123 Å². The molecule has 1 heterocycles. The Morgan fingerprint density at radius 2 is 1.80 bits per heavy atom. The van der Waals surface area contributed by atoms with Gasteiger partial charge in [-0.2, -0.15) is 0 Å². The van der Waals surface area contributed by atoms with Gasteiger partial charge in [0.2, 0.25) is 0 Å². The molecule has 1 aliphatic heterocycles. The van der Waals surface area contributed by atoms with Crippen LogP contribution in [0.15, 0.2) is 30.3 Å². The van der Waals surface area contributed by atoms with E-state index in [0.717, 1.165) is 26.1 Å². The van der Waals surface area contributed by atoms with E-state index in [9.17, 15) is 0 Å². The number of nitrogens with one attached hydrogen (secondary N) is 1. The number of likely N-dealkylation sites (tertiary alicyclic amines) is 1. The molecule has 3 heteroatoms. The molecular formula is C17H29N3. The van der Waals surface area contributed by atoms with Crippen molar-refractivity contribution in [3.63, 3.8) is 0 Å². The van der Waals surface area contributed by atoms with Gasteiger partial charge in [-0.25, -0.2) is 0 Å². The largest absolute Gasteiger partial charge is 0.330 e. The summed E-state index contributed by atoms with van der Waals surface area (Å²) in [5.74, 6) is 0. The van der Waals surface area contributed by atoms with Crippen molar-refractivity contribution in [3.05, 3.63) is 35.9 Å². The van der Waals surface area contributed by atoms with Gasteiger partial charge in [0, 0.05) is 12.6 Å². The minimum atomic E-state index is 0.451. The molecule has 0 saturated carbocycles. The normalized spacial score (nSPS) is 18.1. The summed E-state index contributed by atoms with van der Waals surface area (Å²) in [6.07, 6.45) is 6.39. The minimum absolute atomic E-state index is 0.451. The van der Waals surface area contributed by atoms with Crippen LogP contribution in [0.1, 0.15) is 43.7 Å². The molecule has 1 aromatic rings. The molecule has 1 aromatic carbocycles. The van der Waals surface area contributed by atoms with Crippen LogP contribution in [0.25, 0.3) is 0 Å². The van der Waals surface area contributed by atoms with Crippen molar-refractivity contribution in [2.24, 2.45) is 5.73 Å². The first-order valence-electron chi connectivity index (χ1n) is 8.11. The lowest BCUT2D eigenvalue weighted by Crippen LogP contribution is -2.38. The first-order valence-corrected chi connectivity index (χ1v) is 8.11. The molecule has 2 rings (SSSR count). The molecule has 0 spiro atoms. The van der Waals surface area contributed by atoms with Gasteiger partial charge in [-0.3, -0.25) is 0 Å². The SMILES string of the molecule is NCCCCNC(CN1CCCCC1)c1ccccc1. The van der Waals surface area contributed by atoms with Gasteiger partial charge in [0.25, 0.3) is 0 Å². The lowest BCUT2D eigenvalue weighted by Gasteiger charge is -2.31. The Kier molecular flexibility index (Phi) is 7.06. The molecule has 112 valence electrons. The van der Waals surface area contributed by atoms with Gasteiger partial charge in [-0.05, 0) is 57.4 Å². The van der Waals surface area contributed by atoms with Gasteiger partial charge in [0.15, 0.2) is 0 Å². The summed E-state index contributed by atoms with van der Waals surface area (Å²) in [4.78, 5) is 2.61. The Bertz CT molecular complexity index is 347. The molecule has 0 bridgehead atoms. The first kappa shape index (κ1) is 15.5. The third kappa shape index (κ3) is 5.23. The minimum Gasteiger partial charge on any atom is -0.330 e. The Morgan fingerprint density at radius 1 is 1.05 bits per heavy atom. The fourth-order valence-electron chi connectivity index (χ4n) is 2.92. The zero-order valence-corrected chi connectivity index (χ0v) is 12.6. The number of unbranched alkanes of at least 4 members (excludes halogenated alkanes) is 1. The topological polar surface area (TPSA) is 41.3 Å². The Balaban J connectivity index is 1.89. The predicted molar refractivity (Wildman–Crippen MR) is 85.8 cm³/mol. The van der Waals surface area contributed by atoms with E-state index in [-0.39, 0.29) is 0 Å². The molecule has 1 atom stereocenters. The van der Waals surface area contributed by atoms with Crippen LogP contribution in [0, 0.1) is 0 Å². The highest BCUT2D eigenvalue weighted by molar-refractivity contribution is 5.19. The average Bonchev–Trinajstić information content (AvgIpc) is 2.52. The van der Waals surface area contributed by atoms with Crippen molar-refractivity contribution in [2.75, 3.05) is 32.7 Å². The molecule has 0 radical (unpaired) electrons. The number of hydrogen-bond acceptors (Lipinski definition) is 3. The fourth-order valence-corrected chi connectivity index (χ4v) is 2.92. The van der Waals surface area contributed by atoms with Crippen LogP contribution in [0.5, 0.6) is 0 Å². The monoisotopic (exact) mass is 275 g/mol. The second-order valence-corrected chi connectivity index (χ2v) is 5.77. The molecule has 20 heavy (non-hydrogen) atoms. The van der Waals surface area contributed by atoms with Crippen LogP contribution >= 0.6 is 0 Å². The number of hydrogen-bond donors (Lipinski definition) is 2. The van der Waals surface area contributed by atoms with Crippen molar-refractivity contribution in [1.29, 1.82) is 0 Å². The zero-order valence-electron chi connectivity index (χ0n) is 12.6. The standard InChI is InChI=1S/C17H29N3/c18-11-5-6-12-19-17(16-9-3-1-4-10-16)15-20-13-7-2-8-14-20/h1,3-4,9-10,17,19H,2,5-8,11-15,18H2. The van der Waals surface area contributed by atoms with Crippen LogP contribution in [0.3, 0.4) is 0 Å². The van der Waals surface area contributed by atoms with E-state index in [0.29, 0.717) is 6.04 Å². The van der Waals surface area contributed by atoms with Gasteiger partial charge >= 0.3 is 0 Å². The van der Waals surface area contributed by atoms with E-state index in [4.69, 9.17) is 5.73 Å². The van der Waals surface area contributed by atoms with Crippen LogP contribution in [0.2, 0.25) is 0 Å². The van der Waals surface area contributed by atoms with Crippen molar-refractivity contribution in [1.82, 2.24) is 10.2 Å². The summed E-state index contributed by atoms with van der Waals surface area (Å²) < 4.78 is 0. The van der Waals surface area contributed by atoms with Crippen LogP contribution < -0.4 is 11.1 Å². The maximum Gasteiger partial charge on any atom is 0.0449 e. The summed E-state index contributed by atoms with van der Waals surface area (Å²) in [5, 5.41) is 3.72. The summed E-state index contributed by atoms with van der Waals surface area (Å²) in [5.41, 5.74) is 6.98. The van der Waals surface area contributed by atoms with Crippen molar-refractivity contribution in [2.45, 2.75) is 38.1 Å². The lowest BCUT2D eigenvalue weighted by atomic mass is 10.0. The Morgan fingerprint density at radius 3 is 2.50 bits per heavy atom. The third-order valence-corrected chi connectivity index (χ3v) is 4.11. The number of rotatable bonds is 8. The van der Waals surface area contributed by atoms with Gasteiger partial charge in [-0.15, -0.1) is 0 Å². The highest BCUT2D eigenvalue weighted by atomic mass is 15.2. The predicted octanol–water partition coefficient (Wildman–Crippen LogP) is 2.54. The summed E-state index contributed by atoms with van der Waals surface area (Å²) in [7, 11) is 0. The second kappa shape index (κ2) is 9.11. The van der Waals surface area contributed by atoms with Crippen LogP contribution in [0.4, 0.5) is 0 Å². The van der Waals surface area contributed by atoms with E-state index in [2.05, 4.69) is 40.5 Å². The number of piperidine rings is 1. The van der Waals surface area contributed by atoms with E-state index in [1.54, 1.807) is 0 Å². The van der Waals surface area contributed by atoms with Crippen molar-refractivity contribution in [3.8, 4) is 0 Å². The average molecular weight is 275 g/mol. The molecule has 0 aromatic heterocycles. The molecule has 0 amide bonds. The molecule has 3 N–H and O–H groups in total. The molecular weight excluding hydrogens is 246 g/mol. The van der Waals surface area contributed by atoms with E-state index >= 15 is 0 Å². The molecule has 1 unspecified atom stereocenters. The molecule has 3 nitrogen and oxygen atoms in total. The van der Waals surface area contributed by atoms with E-state index in [1.165, 1.54) is 44.3 Å². The maximum absolute atomic E-state index is 5.57. The summed E-state index contributed by atoms with van der Waals surface area (Å²) in [6, 6.07) is 11.3. The van der Waals surface area contributed by atoms with Crippen LogP contribution in [-0.4, -0.2) is 37.6 Å². The zero-order chi connectivity index (χ0) is 14.0. The molecule has 0 aliphatic carbocycles. The van der Waals surface area contributed by atoms with E-state index < -0.39 is 0 Å². The smallest absolute Gasteiger partial charge is 0.0449 e. The van der Waals surface area contributed by atoms with Gasteiger partial charge in [0.05, 0.1) is 0 Å². The molecule has 1 aliphatic rings. The van der Waals surface area contributed by atoms with Crippen LogP contribution in [-0.2, 0) is 0 Å². The second-order valence-electron chi connectivity index (χ2n) is 5.77. The summed E-state index contributed by atoms with van der Waals surface area (Å²) >= 11 is 0. The lowest BCUT2D eigenvalue weighted by molar-refractivity contribution is 0.205. The summed E-state index contributed by atoms with van der Waals surface area (Å²) in [6.45, 7) is 5.50. The third-order valence-electron chi connectivity index (χ3n) is 4.11. The van der Waals surface area contributed by atoms with Gasteiger partial charge < -0.3 is 16.0 Å². The first-order chi connectivity index (χ1) is 9.90. The number of nitrogens with zero attached hydrogens (tertiary/aromatic N) is 1. The Hall–Kier alpha value is -0.900. The highest BCUT2D eigenvalue weighted by Crippen LogP contribution is 2.17.